The van der Waals surface area contributed by atoms with Crippen LogP contribution >= 0.6 is 0 Å². The van der Waals surface area contributed by atoms with Crippen molar-refractivity contribution >= 4 is 21.7 Å². The van der Waals surface area contributed by atoms with Crippen molar-refractivity contribution in [3.8, 4) is 0 Å². The smallest absolute Gasteiger partial charge is 0.337 e. The van der Waals surface area contributed by atoms with E-state index in [1.165, 1.54) is 7.05 Å². The van der Waals surface area contributed by atoms with E-state index in [1.807, 2.05) is 0 Å². The van der Waals surface area contributed by atoms with E-state index in [0.717, 1.165) is 34.8 Å². The van der Waals surface area contributed by atoms with Crippen molar-refractivity contribution in [1.82, 2.24) is 9.62 Å². The third kappa shape index (κ3) is 5.90. The van der Waals surface area contributed by atoms with Crippen LogP contribution in [0.15, 0.2) is 24.3 Å². The first-order valence-corrected chi connectivity index (χ1v) is 7.98. The number of likely N-dealkylation sites (N-methyl/N-ethyl adjacent to an activating group) is 1. The van der Waals surface area contributed by atoms with Crippen LogP contribution in [0.1, 0.15) is 5.56 Å². The molecule has 1 rings (SSSR count). The van der Waals surface area contributed by atoms with Gasteiger partial charge in [-0.1, -0.05) is 0 Å². The van der Waals surface area contributed by atoms with E-state index in [-0.39, 0.29) is 18.8 Å². The fraction of sp³-hybridized carbons (Fsp3) is 0.417. The number of nitrogens with zero attached hydrogens (tertiary/aromatic N) is 1. The van der Waals surface area contributed by atoms with Crippen molar-refractivity contribution in [2.24, 2.45) is 0 Å². The minimum Gasteiger partial charge on any atom is -0.337 e. The molecule has 0 spiro atoms. The SMILES string of the molecule is CN(CCNC(=O)Nc1ccc(C(F)(F)F)cc1)S(C)(=O)=O. The number of sulfonamides is 1. The highest BCUT2D eigenvalue weighted by molar-refractivity contribution is 7.88. The number of nitrogens with one attached hydrogen (secondary N) is 2. The first-order chi connectivity index (χ1) is 10.00. The summed E-state index contributed by atoms with van der Waals surface area (Å²) in [6.45, 7) is 0.148. The number of rotatable bonds is 5. The summed E-state index contributed by atoms with van der Waals surface area (Å²) >= 11 is 0. The lowest BCUT2D eigenvalue weighted by Crippen LogP contribution is -2.37. The quantitative estimate of drug-likeness (QED) is 0.857. The fourth-order valence-electron chi connectivity index (χ4n) is 1.41. The van der Waals surface area contributed by atoms with Gasteiger partial charge in [-0.3, -0.25) is 0 Å². The van der Waals surface area contributed by atoms with Crippen molar-refractivity contribution in [2.45, 2.75) is 6.18 Å². The number of hydrogen-bond donors (Lipinski definition) is 2. The molecule has 0 aliphatic heterocycles. The molecule has 0 aromatic heterocycles. The number of hydrogen-bond acceptors (Lipinski definition) is 3. The standard InChI is InChI=1S/C12H16F3N3O3S/c1-18(22(2,20)21)8-7-16-11(19)17-10-5-3-9(4-6-10)12(13,14)15/h3-6H,7-8H2,1-2H3,(H2,16,17,19). The topological polar surface area (TPSA) is 78.5 Å². The van der Waals surface area contributed by atoms with Crippen molar-refractivity contribution in [1.29, 1.82) is 0 Å². The van der Waals surface area contributed by atoms with Crippen LogP contribution in [0.2, 0.25) is 0 Å². The minimum atomic E-state index is -4.43. The van der Waals surface area contributed by atoms with E-state index in [4.69, 9.17) is 0 Å². The largest absolute Gasteiger partial charge is 0.416 e. The maximum absolute atomic E-state index is 12.4. The normalized spacial score (nSPS) is 12.3. The molecule has 124 valence electrons. The van der Waals surface area contributed by atoms with Crippen LogP contribution in [-0.4, -0.2) is 45.1 Å². The maximum atomic E-state index is 12.4. The summed E-state index contributed by atoms with van der Waals surface area (Å²) in [6.07, 6.45) is -3.40. The van der Waals surface area contributed by atoms with Gasteiger partial charge >= 0.3 is 12.2 Å². The van der Waals surface area contributed by atoms with Gasteiger partial charge in [-0.2, -0.15) is 13.2 Å². The van der Waals surface area contributed by atoms with E-state index in [9.17, 15) is 26.4 Å². The van der Waals surface area contributed by atoms with E-state index in [2.05, 4.69) is 10.6 Å². The molecule has 0 aliphatic carbocycles. The number of alkyl halides is 3. The Balaban J connectivity index is 2.46. The van der Waals surface area contributed by atoms with Gasteiger partial charge in [0.15, 0.2) is 0 Å². The lowest BCUT2D eigenvalue weighted by molar-refractivity contribution is -0.137. The zero-order chi connectivity index (χ0) is 17.0. The molecule has 1 aromatic rings. The Morgan fingerprint density at radius 3 is 2.23 bits per heavy atom. The Labute approximate surface area is 126 Å². The summed E-state index contributed by atoms with van der Waals surface area (Å²) in [4.78, 5) is 11.5. The van der Waals surface area contributed by atoms with E-state index in [1.54, 1.807) is 0 Å². The molecule has 0 fully saturated rings. The van der Waals surface area contributed by atoms with Crippen LogP contribution in [0, 0.1) is 0 Å². The Morgan fingerprint density at radius 2 is 1.77 bits per heavy atom. The molecule has 0 atom stereocenters. The monoisotopic (exact) mass is 339 g/mol. The lowest BCUT2D eigenvalue weighted by atomic mass is 10.2. The van der Waals surface area contributed by atoms with Gasteiger partial charge in [-0.25, -0.2) is 17.5 Å². The zero-order valence-corrected chi connectivity index (χ0v) is 12.8. The molecule has 0 bridgehead atoms. The Bertz CT molecular complexity index is 615. The molecule has 2 N–H and O–H groups in total. The van der Waals surface area contributed by atoms with E-state index in [0.29, 0.717) is 0 Å². The minimum absolute atomic E-state index is 0.0655. The first-order valence-electron chi connectivity index (χ1n) is 6.13. The van der Waals surface area contributed by atoms with Gasteiger partial charge < -0.3 is 10.6 Å². The molecular weight excluding hydrogens is 323 g/mol. The van der Waals surface area contributed by atoms with Crippen LogP contribution in [-0.2, 0) is 16.2 Å². The molecule has 2 amide bonds. The molecule has 0 saturated heterocycles. The van der Waals surface area contributed by atoms with E-state index >= 15 is 0 Å². The Hall–Kier alpha value is -1.81. The molecule has 22 heavy (non-hydrogen) atoms. The number of halogens is 3. The van der Waals surface area contributed by atoms with Crippen LogP contribution in [0.4, 0.5) is 23.7 Å². The van der Waals surface area contributed by atoms with Crippen molar-refractivity contribution in [2.75, 3.05) is 31.7 Å². The maximum Gasteiger partial charge on any atom is 0.416 e. The number of urea groups is 1. The molecule has 0 unspecified atom stereocenters. The summed E-state index contributed by atoms with van der Waals surface area (Å²) in [6, 6.07) is 3.33. The molecular formula is C12H16F3N3O3S. The highest BCUT2D eigenvalue weighted by Crippen LogP contribution is 2.29. The van der Waals surface area contributed by atoms with Crippen LogP contribution in [0.25, 0.3) is 0 Å². The average Bonchev–Trinajstić information content (AvgIpc) is 2.37. The molecule has 0 saturated carbocycles. The van der Waals surface area contributed by atoms with Crippen molar-refractivity contribution in [3.05, 3.63) is 29.8 Å². The Kier molecular flexibility index (Phi) is 5.78. The molecule has 6 nitrogen and oxygen atoms in total. The summed E-state index contributed by atoms with van der Waals surface area (Å²) in [5, 5.41) is 4.75. The highest BCUT2D eigenvalue weighted by atomic mass is 32.2. The number of benzene rings is 1. The van der Waals surface area contributed by atoms with Gasteiger partial charge in [0, 0.05) is 25.8 Å². The molecule has 0 heterocycles. The van der Waals surface area contributed by atoms with Gasteiger partial charge in [0.1, 0.15) is 0 Å². The molecule has 0 aliphatic rings. The molecule has 1 aromatic carbocycles. The predicted molar refractivity (Wildman–Crippen MR) is 75.9 cm³/mol. The third-order valence-corrected chi connectivity index (χ3v) is 4.06. The first kappa shape index (κ1) is 18.2. The van der Waals surface area contributed by atoms with Gasteiger partial charge in [-0.15, -0.1) is 0 Å². The molecule has 0 radical (unpaired) electrons. The lowest BCUT2D eigenvalue weighted by Gasteiger charge is -2.14. The molecule has 10 heteroatoms. The Morgan fingerprint density at radius 1 is 1.23 bits per heavy atom. The summed E-state index contributed by atoms with van der Waals surface area (Å²) in [5.41, 5.74) is -0.616. The second kappa shape index (κ2) is 6.97. The number of amides is 2. The number of carbonyl (C=O) groups excluding carboxylic acids is 1. The number of anilines is 1. The summed E-state index contributed by atoms with van der Waals surface area (Å²) < 4.78 is 60.4. The van der Waals surface area contributed by atoms with E-state index < -0.39 is 27.8 Å². The zero-order valence-electron chi connectivity index (χ0n) is 11.9. The number of carbonyl (C=O) groups is 1. The fourth-order valence-corrected chi connectivity index (χ4v) is 1.83. The van der Waals surface area contributed by atoms with Gasteiger partial charge in [0.2, 0.25) is 10.0 Å². The highest BCUT2D eigenvalue weighted by Gasteiger charge is 2.29. The summed E-state index contributed by atoms with van der Waals surface area (Å²) in [7, 11) is -1.96. The predicted octanol–water partition coefficient (Wildman–Crippen LogP) is 1.72. The average molecular weight is 339 g/mol. The van der Waals surface area contributed by atoms with Gasteiger partial charge in [0.25, 0.3) is 0 Å². The van der Waals surface area contributed by atoms with Gasteiger partial charge in [-0.05, 0) is 24.3 Å². The second-order valence-electron chi connectivity index (χ2n) is 4.54. The van der Waals surface area contributed by atoms with Crippen molar-refractivity contribution < 1.29 is 26.4 Å². The van der Waals surface area contributed by atoms with Crippen LogP contribution in [0.5, 0.6) is 0 Å². The van der Waals surface area contributed by atoms with Gasteiger partial charge in [0.05, 0.1) is 11.8 Å². The van der Waals surface area contributed by atoms with Crippen LogP contribution < -0.4 is 10.6 Å². The van der Waals surface area contributed by atoms with Crippen LogP contribution in [0.3, 0.4) is 0 Å². The third-order valence-electron chi connectivity index (χ3n) is 2.75. The second-order valence-corrected chi connectivity index (χ2v) is 6.63. The summed E-state index contributed by atoms with van der Waals surface area (Å²) in [5.74, 6) is 0. The van der Waals surface area contributed by atoms with Crippen molar-refractivity contribution in [3.63, 3.8) is 0 Å².